The molecular formula is H2O2Pt2-2. The van der Waals surface area contributed by atoms with Crippen LogP contribution in [-0.4, -0.2) is 5.48 Å². The van der Waals surface area contributed by atoms with Crippen LogP contribution in [0, 0.1) is 0 Å². The molecule has 0 unspecified atom stereocenters. The van der Waals surface area contributed by atoms with E-state index in [0.717, 1.165) is 0 Å². The quantitative estimate of drug-likeness (QED) is 0.482. The minimum Gasteiger partial charge on any atom is -2.00 e. The van der Waals surface area contributed by atoms with Crippen LogP contribution in [0.1, 0.15) is 0 Å². The summed E-state index contributed by atoms with van der Waals surface area (Å²) in [4.78, 5) is 0. The van der Waals surface area contributed by atoms with Crippen molar-refractivity contribution in [3.63, 3.8) is 0 Å². The van der Waals surface area contributed by atoms with Crippen LogP contribution in [0.4, 0.5) is 0 Å². The van der Waals surface area contributed by atoms with Crippen LogP contribution in [0.2, 0.25) is 0 Å². The van der Waals surface area contributed by atoms with Crippen molar-refractivity contribution in [1.82, 2.24) is 0 Å². The van der Waals surface area contributed by atoms with Gasteiger partial charge in [-0.25, -0.2) is 0 Å². The van der Waals surface area contributed by atoms with Gasteiger partial charge in [-0.1, -0.05) is 0 Å². The monoisotopic (exact) mass is 424 g/mol. The molecule has 4 heteroatoms. The molecule has 2 nitrogen and oxygen atoms in total. The first-order chi connectivity index (χ1) is 0. The van der Waals surface area contributed by atoms with E-state index in [1.54, 1.807) is 0 Å². The normalized spacial score (nSPS) is 0. The molecule has 0 fully saturated rings. The van der Waals surface area contributed by atoms with E-state index in [9.17, 15) is 0 Å². The van der Waals surface area contributed by atoms with E-state index in [2.05, 4.69) is 0 Å². The van der Waals surface area contributed by atoms with Crippen LogP contribution in [0.25, 0.3) is 0 Å². The molecule has 0 aromatic heterocycles. The van der Waals surface area contributed by atoms with Crippen molar-refractivity contribution in [3.8, 4) is 0 Å². The summed E-state index contributed by atoms with van der Waals surface area (Å²) in [6.45, 7) is 0. The van der Waals surface area contributed by atoms with Crippen LogP contribution in [0.3, 0.4) is 0 Å². The van der Waals surface area contributed by atoms with E-state index in [0.29, 0.717) is 0 Å². The Labute approximate surface area is 53.1 Å². The molecule has 0 amide bonds. The predicted octanol–water partition coefficient (Wildman–Crippen LogP) is -0.949. The molecule has 0 saturated carbocycles. The molecule has 36 valence electrons. The summed E-state index contributed by atoms with van der Waals surface area (Å²) in [6, 6.07) is 0. The second kappa shape index (κ2) is 27.8. The zero-order chi connectivity index (χ0) is 0. The molecule has 2 N–H and O–H groups in total. The molecule has 4 heavy (non-hydrogen) atoms. The molecule has 0 rings (SSSR count). The Bertz CT molecular complexity index is 4.00. The molecule has 0 bridgehead atoms. The molecule has 0 aromatic rings. The van der Waals surface area contributed by atoms with E-state index >= 15 is 0 Å². The first kappa shape index (κ1) is 58.2. The van der Waals surface area contributed by atoms with Crippen LogP contribution in [-0.2, 0) is 47.6 Å². The van der Waals surface area contributed by atoms with Crippen molar-refractivity contribution >= 4 is 0 Å². The Balaban J connectivity index is 0. The summed E-state index contributed by atoms with van der Waals surface area (Å²) in [6.07, 6.45) is 0. The summed E-state index contributed by atoms with van der Waals surface area (Å²) in [7, 11) is 0. The molecule has 0 radical (unpaired) electrons. The average molecular weight is 424 g/mol. The summed E-state index contributed by atoms with van der Waals surface area (Å²) < 4.78 is 0. The Morgan fingerprint density at radius 1 is 0.750 bits per heavy atom. The third-order valence-electron chi connectivity index (χ3n) is 0. The third-order valence-corrected chi connectivity index (χ3v) is 0. The molecule has 0 atom stereocenters. The molecule has 0 spiro atoms. The van der Waals surface area contributed by atoms with Crippen molar-refractivity contribution in [1.29, 1.82) is 0 Å². The topological polar surface area (TPSA) is 60.0 Å². The Morgan fingerprint density at radius 3 is 0.750 bits per heavy atom. The van der Waals surface area contributed by atoms with Gasteiger partial charge in [0, 0.05) is 42.1 Å². The van der Waals surface area contributed by atoms with E-state index in [1.165, 1.54) is 0 Å². The Morgan fingerprint density at radius 2 is 0.750 bits per heavy atom. The van der Waals surface area contributed by atoms with E-state index < -0.39 is 0 Å². The van der Waals surface area contributed by atoms with E-state index in [1.807, 2.05) is 0 Å². The number of rotatable bonds is 0. The second-order valence-electron chi connectivity index (χ2n) is 0. The molecule has 0 heterocycles. The van der Waals surface area contributed by atoms with Crippen molar-refractivity contribution in [2.24, 2.45) is 0 Å². The zero-order valence-corrected chi connectivity index (χ0v) is 6.09. The van der Waals surface area contributed by atoms with Gasteiger partial charge in [-0.05, 0) is 0 Å². The number of hydrogen-bond acceptors (Lipinski definition) is 0. The zero-order valence-electron chi connectivity index (χ0n) is 1.54. The summed E-state index contributed by atoms with van der Waals surface area (Å²) in [5.74, 6) is 0. The van der Waals surface area contributed by atoms with Gasteiger partial charge in [0.05, 0.1) is 0 Å². The van der Waals surface area contributed by atoms with Crippen molar-refractivity contribution < 1.29 is 53.1 Å². The molecule has 0 saturated heterocycles. The Kier molecular flexibility index (Phi) is 404. The molecule has 0 aliphatic rings. The van der Waals surface area contributed by atoms with Gasteiger partial charge in [0.1, 0.15) is 0 Å². The van der Waals surface area contributed by atoms with E-state index in [4.69, 9.17) is 0 Å². The first-order valence-corrected chi connectivity index (χ1v) is 0. The summed E-state index contributed by atoms with van der Waals surface area (Å²) >= 11 is 0. The van der Waals surface area contributed by atoms with Crippen molar-refractivity contribution in [2.45, 2.75) is 0 Å². The molecule has 0 aliphatic carbocycles. The molecule has 0 aliphatic heterocycles. The van der Waals surface area contributed by atoms with Gasteiger partial charge in [0.25, 0.3) is 0 Å². The van der Waals surface area contributed by atoms with Crippen LogP contribution in [0.15, 0.2) is 0 Å². The van der Waals surface area contributed by atoms with Crippen molar-refractivity contribution in [2.75, 3.05) is 0 Å². The smallest absolute Gasteiger partial charge is 0 e. The molecule has 0 aromatic carbocycles. The third kappa shape index (κ3) is 10.3. The van der Waals surface area contributed by atoms with Crippen molar-refractivity contribution in [3.05, 3.63) is 0 Å². The summed E-state index contributed by atoms with van der Waals surface area (Å²) in [5, 5.41) is 0. The minimum absolute atomic E-state index is 0. The van der Waals surface area contributed by atoms with Gasteiger partial charge in [0.15, 0.2) is 0 Å². The predicted molar refractivity (Wildman–Crippen MR) is 4.30 cm³/mol. The largest absolute Gasteiger partial charge is 2.00 e. The van der Waals surface area contributed by atoms with Gasteiger partial charge >= 0.3 is 0 Å². The maximum Gasteiger partial charge on any atom is 0 e. The standard InChI is InChI=1S/H2O.O.2Pt/h1H2;;;/q;-2;;. The Hall–Kier alpha value is 1.30. The van der Waals surface area contributed by atoms with E-state index in [-0.39, 0.29) is 53.1 Å². The second-order valence-corrected chi connectivity index (χ2v) is 0. The van der Waals surface area contributed by atoms with Gasteiger partial charge < -0.3 is 11.0 Å². The van der Waals surface area contributed by atoms with Crippen LogP contribution >= 0.6 is 0 Å². The fourth-order valence-corrected chi connectivity index (χ4v) is 0. The maximum atomic E-state index is 0. The van der Waals surface area contributed by atoms with Crippen LogP contribution in [0.5, 0.6) is 0 Å². The fourth-order valence-electron chi connectivity index (χ4n) is 0. The van der Waals surface area contributed by atoms with Gasteiger partial charge in [-0.3, -0.25) is 0 Å². The summed E-state index contributed by atoms with van der Waals surface area (Å²) in [5.41, 5.74) is 0. The average Bonchev–Trinajstić information content (AvgIpc) is 0. The van der Waals surface area contributed by atoms with Gasteiger partial charge in [0.2, 0.25) is 0 Å². The first-order valence-electron chi connectivity index (χ1n) is 0. The van der Waals surface area contributed by atoms with Gasteiger partial charge in [-0.2, -0.15) is 0 Å². The minimum atomic E-state index is 0. The van der Waals surface area contributed by atoms with Gasteiger partial charge in [-0.15, -0.1) is 0 Å². The number of hydrogen-bond donors (Lipinski definition) is 0. The SMILES string of the molecule is O.[O-2].[Pt].[Pt]. The molecular weight excluding hydrogens is 422 g/mol. The fraction of sp³-hybridized carbons (Fsp3) is 0. The van der Waals surface area contributed by atoms with Crippen LogP contribution < -0.4 is 0 Å². The maximum absolute atomic E-state index is 0.